The lowest BCUT2D eigenvalue weighted by atomic mass is 9.88. The van der Waals surface area contributed by atoms with E-state index in [9.17, 15) is 4.79 Å². The molecule has 0 bridgehead atoms. The van der Waals surface area contributed by atoms with E-state index in [-0.39, 0.29) is 11.8 Å². The van der Waals surface area contributed by atoms with Gasteiger partial charge in [0.25, 0.3) is 0 Å². The van der Waals surface area contributed by atoms with Crippen LogP contribution in [0.5, 0.6) is 0 Å². The molecule has 0 radical (unpaired) electrons. The monoisotopic (exact) mass is 424 g/mol. The fourth-order valence-corrected chi connectivity index (χ4v) is 4.39. The molecular weight excluding hydrogens is 404 g/mol. The molecule has 0 saturated heterocycles. The molecular formula is C25H20N4OS. The van der Waals surface area contributed by atoms with Gasteiger partial charge in [0.2, 0.25) is 5.91 Å². The lowest BCUT2D eigenvalue weighted by Gasteiger charge is -2.18. The highest BCUT2D eigenvalue weighted by atomic mass is 32.1. The van der Waals surface area contributed by atoms with E-state index >= 15 is 0 Å². The Morgan fingerprint density at radius 2 is 1.65 bits per heavy atom. The molecule has 1 N–H and O–H groups in total. The second-order valence-electron chi connectivity index (χ2n) is 7.26. The number of benzene rings is 3. The average molecular weight is 425 g/mol. The second-order valence-corrected chi connectivity index (χ2v) is 8.13. The minimum Gasteiger partial charge on any atom is -0.326 e. The van der Waals surface area contributed by atoms with Gasteiger partial charge in [0.05, 0.1) is 11.0 Å². The molecule has 0 aliphatic carbocycles. The van der Waals surface area contributed by atoms with Gasteiger partial charge >= 0.3 is 0 Å². The van der Waals surface area contributed by atoms with Gasteiger partial charge in [-0.2, -0.15) is 0 Å². The van der Waals surface area contributed by atoms with E-state index in [1.165, 1.54) is 0 Å². The Morgan fingerprint density at radius 1 is 0.935 bits per heavy atom. The van der Waals surface area contributed by atoms with Crippen molar-refractivity contribution < 1.29 is 4.79 Å². The fraction of sp³-hybridized carbons (Fsp3) is 0.0800. The van der Waals surface area contributed by atoms with Crippen LogP contribution in [-0.2, 0) is 4.79 Å². The highest BCUT2D eigenvalue weighted by Gasteiger charge is 2.18. The van der Waals surface area contributed by atoms with E-state index < -0.39 is 0 Å². The van der Waals surface area contributed by atoms with Gasteiger partial charge in [-0.05, 0) is 29.3 Å². The first-order valence-corrected chi connectivity index (χ1v) is 10.9. The number of carbonyl (C=O) groups is 1. The quantitative estimate of drug-likeness (QED) is 0.384. The fourth-order valence-electron chi connectivity index (χ4n) is 3.77. The van der Waals surface area contributed by atoms with Crippen LogP contribution >= 0.6 is 11.3 Å². The molecule has 0 saturated carbocycles. The SMILES string of the molecule is O=C(CC(c1ccccc1)c1ccccc1)Nc1ccc2ncn(-c3nccs3)c2c1. The van der Waals surface area contributed by atoms with Gasteiger partial charge < -0.3 is 5.32 Å². The number of nitrogens with zero attached hydrogens (tertiary/aromatic N) is 3. The molecule has 5 nitrogen and oxygen atoms in total. The maximum Gasteiger partial charge on any atom is 0.225 e. The Bertz CT molecular complexity index is 1260. The molecule has 1 amide bonds. The molecule has 31 heavy (non-hydrogen) atoms. The Morgan fingerprint density at radius 3 is 2.29 bits per heavy atom. The number of amides is 1. The zero-order valence-corrected chi connectivity index (χ0v) is 17.5. The van der Waals surface area contributed by atoms with Crippen LogP contribution in [0.15, 0.2) is 96.8 Å². The predicted octanol–water partition coefficient (Wildman–Crippen LogP) is 5.64. The van der Waals surface area contributed by atoms with Gasteiger partial charge in [0.1, 0.15) is 6.33 Å². The highest BCUT2D eigenvalue weighted by molar-refractivity contribution is 7.12. The van der Waals surface area contributed by atoms with Crippen molar-refractivity contribution in [3.05, 3.63) is 108 Å². The number of imidazole rings is 1. The highest BCUT2D eigenvalue weighted by Crippen LogP contribution is 2.29. The van der Waals surface area contributed by atoms with E-state index in [0.717, 1.165) is 33.0 Å². The lowest BCUT2D eigenvalue weighted by molar-refractivity contribution is -0.116. The molecule has 3 aromatic carbocycles. The molecule has 152 valence electrons. The summed E-state index contributed by atoms with van der Waals surface area (Å²) in [6.45, 7) is 0. The van der Waals surface area contributed by atoms with Gasteiger partial charge in [-0.3, -0.25) is 9.36 Å². The summed E-state index contributed by atoms with van der Waals surface area (Å²) < 4.78 is 1.94. The Labute approximate surface area is 184 Å². The third-order valence-corrected chi connectivity index (χ3v) is 6.02. The van der Waals surface area contributed by atoms with Crippen molar-refractivity contribution in [2.75, 3.05) is 5.32 Å². The number of carbonyl (C=O) groups excluding carboxylic acids is 1. The molecule has 0 atom stereocenters. The van der Waals surface area contributed by atoms with Crippen molar-refractivity contribution in [2.45, 2.75) is 12.3 Å². The molecule has 0 spiro atoms. The number of rotatable bonds is 6. The molecule has 0 aliphatic rings. The van der Waals surface area contributed by atoms with E-state index in [0.29, 0.717) is 6.42 Å². The van der Waals surface area contributed by atoms with Crippen LogP contribution in [0.1, 0.15) is 23.5 Å². The number of hydrogen-bond acceptors (Lipinski definition) is 4. The summed E-state index contributed by atoms with van der Waals surface area (Å²) in [6.07, 6.45) is 3.89. The van der Waals surface area contributed by atoms with Crippen LogP contribution in [0.4, 0.5) is 5.69 Å². The molecule has 2 heterocycles. The maximum atomic E-state index is 13.0. The first kappa shape index (κ1) is 19.2. The van der Waals surface area contributed by atoms with Crippen LogP contribution < -0.4 is 5.32 Å². The average Bonchev–Trinajstić information content (AvgIpc) is 3.48. The van der Waals surface area contributed by atoms with Crippen LogP contribution in [0.25, 0.3) is 16.2 Å². The summed E-state index contributed by atoms with van der Waals surface area (Å²) in [4.78, 5) is 21.8. The second kappa shape index (κ2) is 8.53. The number of nitrogens with one attached hydrogen (secondary N) is 1. The zero-order valence-electron chi connectivity index (χ0n) is 16.7. The topological polar surface area (TPSA) is 59.8 Å². The zero-order chi connectivity index (χ0) is 21.0. The third-order valence-electron chi connectivity index (χ3n) is 5.25. The first-order chi connectivity index (χ1) is 15.3. The minimum atomic E-state index is -0.0302. The van der Waals surface area contributed by atoms with Gasteiger partial charge in [0.15, 0.2) is 5.13 Å². The summed E-state index contributed by atoms with van der Waals surface area (Å²) in [5.41, 5.74) is 4.77. The van der Waals surface area contributed by atoms with Crippen LogP contribution in [0.2, 0.25) is 0 Å². The van der Waals surface area contributed by atoms with Gasteiger partial charge in [0, 0.05) is 29.6 Å². The number of anilines is 1. The van der Waals surface area contributed by atoms with Crippen LogP contribution in [0, 0.1) is 0 Å². The van der Waals surface area contributed by atoms with Gasteiger partial charge in [-0.15, -0.1) is 11.3 Å². The van der Waals surface area contributed by atoms with Crippen molar-refractivity contribution in [3.8, 4) is 5.13 Å². The van der Waals surface area contributed by atoms with Crippen molar-refractivity contribution in [1.29, 1.82) is 0 Å². The first-order valence-electron chi connectivity index (χ1n) is 10.0. The molecule has 0 fully saturated rings. The Balaban J connectivity index is 1.40. The Hall–Kier alpha value is -3.77. The van der Waals surface area contributed by atoms with Crippen molar-refractivity contribution in [2.24, 2.45) is 0 Å². The van der Waals surface area contributed by atoms with Crippen molar-refractivity contribution in [3.63, 3.8) is 0 Å². The van der Waals surface area contributed by atoms with E-state index in [4.69, 9.17) is 0 Å². The number of hydrogen-bond donors (Lipinski definition) is 1. The number of aromatic nitrogens is 3. The number of fused-ring (bicyclic) bond motifs is 1. The molecule has 5 rings (SSSR count). The largest absolute Gasteiger partial charge is 0.326 e. The summed E-state index contributed by atoms with van der Waals surface area (Å²) in [5, 5.41) is 5.85. The molecule has 0 unspecified atom stereocenters. The predicted molar refractivity (Wildman–Crippen MR) is 125 cm³/mol. The maximum absolute atomic E-state index is 13.0. The summed E-state index contributed by atoms with van der Waals surface area (Å²) >= 11 is 1.54. The lowest BCUT2D eigenvalue weighted by Crippen LogP contribution is -2.16. The smallest absolute Gasteiger partial charge is 0.225 e. The number of thiazole rings is 1. The van der Waals surface area contributed by atoms with Crippen LogP contribution in [-0.4, -0.2) is 20.4 Å². The molecule has 0 aliphatic heterocycles. The van der Waals surface area contributed by atoms with E-state index in [1.54, 1.807) is 23.9 Å². The minimum absolute atomic E-state index is 0.00743. The molecule has 6 heteroatoms. The summed E-state index contributed by atoms with van der Waals surface area (Å²) in [6, 6.07) is 26.1. The van der Waals surface area contributed by atoms with Gasteiger partial charge in [-0.25, -0.2) is 9.97 Å². The van der Waals surface area contributed by atoms with Gasteiger partial charge in [-0.1, -0.05) is 60.7 Å². The van der Waals surface area contributed by atoms with Crippen molar-refractivity contribution in [1.82, 2.24) is 14.5 Å². The molecule has 5 aromatic rings. The third kappa shape index (κ3) is 4.11. The normalized spacial score (nSPS) is 11.1. The van der Waals surface area contributed by atoms with Crippen LogP contribution in [0.3, 0.4) is 0 Å². The standard InChI is InChI=1S/C25H20N4OS/c30-24(16-21(18-7-3-1-4-8-18)19-9-5-2-6-10-19)28-20-11-12-22-23(15-20)29(17-27-22)25-26-13-14-31-25/h1-15,17,21H,16H2,(H,28,30). The van der Waals surface area contributed by atoms with Crippen molar-refractivity contribution >= 4 is 34.0 Å². The Kier molecular flexibility index (Phi) is 5.29. The van der Waals surface area contributed by atoms with E-state index in [2.05, 4.69) is 39.6 Å². The summed E-state index contributed by atoms with van der Waals surface area (Å²) in [7, 11) is 0. The van der Waals surface area contributed by atoms with E-state index in [1.807, 2.05) is 64.5 Å². The summed E-state index contributed by atoms with van der Waals surface area (Å²) in [5.74, 6) is -0.0376. The molecule has 2 aromatic heterocycles.